The third-order valence-electron chi connectivity index (χ3n) is 3.75. The van der Waals surface area contributed by atoms with Crippen LogP contribution in [-0.2, 0) is 22.8 Å². The van der Waals surface area contributed by atoms with Gasteiger partial charge in [-0.2, -0.15) is 0 Å². The van der Waals surface area contributed by atoms with Crippen molar-refractivity contribution in [3.05, 3.63) is 59.4 Å². The average molecular weight is 375 g/mol. The van der Waals surface area contributed by atoms with Crippen LogP contribution in [0.1, 0.15) is 23.9 Å². The predicted octanol–water partition coefficient (Wildman–Crippen LogP) is 2.09. The molecule has 1 aromatic carbocycles. The Kier molecular flexibility index (Phi) is 7.15. The van der Waals surface area contributed by atoms with Crippen LogP contribution < -0.4 is 10.6 Å². The molecule has 0 saturated heterocycles. The number of hydrogen-bond acceptors (Lipinski definition) is 4. The molecule has 7 heteroatoms. The minimum Gasteiger partial charge on any atom is -0.357 e. The van der Waals surface area contributed by atoms with E-state index >= 15 is 0 Å². The van der Waals surface area contributed by atoms with Crippen molar-refractivity contribution in [3.8, 4) is 0 Å². The van der Waals surface area contributed by atoms with E-state index in [-0.39, 0.29) is 0 Å². The van der Waals surface area contributed by atoms with E-state index in [2.05, 4.69) is 20.6 Å². The smallest absolute Gasteiger partial charge is 0.191 e. The number of benzene rings is 1. The second-order valence-electron chi connectivity index (χ2n) is 6.06. The number of aliphatic imine (C=N–C) groups is 1. The lowest BCUT2D eigenvalue weighted by molar-refractivity contribution is 0.602. The molecule has 1 aromatic heterocycles. The molecule has 0 bridgehead atoms. The van der Waals surface area contributed by atoms with E-state index in [1.165, 1.54) is 6.26 Å². The highest BCUT2D eigenvalue weighted by atomic mass is 32.2. The number of aryl methyl sites for hydroxylation is 1. The van der Waals surface area contributed by atoms with Gasteiger partial charge in [-0.1, -0.05) is 18.2 Å². The molecular weight excluding hydrogens is 348 g/mol. The first kappa shape index (κ1) is 19.9. The number of sulfone groups is 1. The van der Waals surface area contributed by atoms with Gasteiger partial charge in [-0.25, -0.2) is 13.4 Å². The SMILES string of the molecule is CCNC(=NCc1cccc(C)n1)NCCc1ccc(S(C)(=O)=O)cc1. The van der Waals surface area contributed by atoms with Crippen molar-refractivity contribution < 1.29 is 8.42 Å². The van der Waals surface area contributed by atoms with Crippen molar-refractivity contribution in [2.45, 2.75) is 31.7 Å². The van der Waals surface area contributed by atoms with Crippen LogP contribution in [-0.4, -0.2) is 38.7 Å². The lowest BCUT2D eigenvalue weighted by Gasteiger charge is -2.11. The topological polar surface area (TPSA) is 83.4 Å². The van der Waals surface area contributed by atoms with Crippen molar-refractivity contribution in [2.75, 3.05) is 19.3 Å². The highest BCUT2D eigenvalue weighted by Gasteiger charge is 2.06. The summed E-state index contributed by atoms with van der Waals surface area (Å²) in [5.74, 6) is 0.739. The molecule has 6 nitrogen and oxygen atoms in total. The van der Waals surface area contributed by atoms with Gasteiger partial charge in [0.2, 0.25) is 0 Å². The maximum absolute atomic E-state index is 11.5. The van der Waals surface area contributed by atoms with Gasteiger partial charge in [-0.05, 0) is 50.1 Å². The molecule has 0 atom stereocenters. The van der Waals surface area contributed by atoms with E-state index < -0.39 is 9.84 Å². The third-order valence-corrected chi connectivity index (χ3v) is 4.88. The first-order valence-corrected chi connectivity index (χ1v) is 10.5. The molecule has 0 amide bonds. The fourth-order valence-electron chi connectivity index (χ4n) is 2.42. The standard InChI is InChI=1S/C19H26N4O2S/c1-4-20-19(22-14-17-7-5-6-15(2)23-17)21-13-12-16-8-10-18(11-9-16)26(3,24)25/h5-11H,4,12-14H2,1-3H3,(H2,20,21,22). The Labute approximate surface area is 155 Å². The second-order valence-corrected chi connectivity index (χ2v) is 8.07. The number of nitrogens with one attached hydrogen (secondary N) is 2. The number of hydrogen-bond donors (Lipinski definition) is 2. The minimum absolute atomic E-state index is 0.342. The molecule has 0 fully saturated rings. The lowest BCUT2D eigenvalue weighted by atomic mass is 10.1. The fourth-order valence-corrected chi connectivity index (χ4v) is 3.05. The van der Waals surface area contributed by atoms with Crippen LogP contribution >= 0.6 is 0 Å². The summed E-state index contributed by atoms with van der Waals surface area (Å²) >= 11 is 0. The number of pyridine rings is 1. The van der Waals surface area contributed by atoms with Crippen LogP contribution in [0.5, 0.6) is 0 Å². The molecule has 140 valence electrons. The molecule has 1 heterocycles. The van der Waals surface area contributed by atoms with E-state index in [4.69, 9.17) is 0 Å². The molecule has 0 aliphatic heterocycles. The maximum Gasteiger partial charge on any atom is 0.191 e. The van der Waals surface area contributed by atoms with Crippen LogP contribution in [0.4, 0.5) is 0 Å². The molecule has 0 spiro atoms. The van der Waals surface area contributed by atoms with Gasteiger partial charge in [-0.15, -0.1) is 0 Å². The van der Waals surface area contributed by atoms with Gasteiger partial charge in [0.1, 0.15) is 0 Å². The van der Waals surface area contributed by atoms with E-state index in [9.17, 15) is 8.42 Å². The molecule has 0 radical (unpaired) electrons. The monoisotopic (exact) mass is 374 g/mol. The van der Waals surface area contributed by atoms with Gasteiger partial charge in [-0.3, -0.25) is 4.98 Å². The Morgan fingerprint density at radius 1 is 1.12 bits per heavy atom. The maximum atomic E-state index is 11.5. The molecular formula is C19H26N4O2S. The number of aromatic nitrogens is 1. The molecule has 0 unspecified atom stereocenters. The van der Waals surface area contributed by atoms with Crippen LogP contribution in [0.3, 0.4) is 0 Å². The molecule has 0 aliphatic rings. The van der Waals surface area contributed by atoms with E-state index in [1.807, 2.05) is 44.2 Å². The van der Waals surface area contributed by atoms with Gasteiger partial charge >= 0.3 is 0 Å². The predicted molar refractivity (Wildman–Crippen MR) is 105 cm³/mol. The third kappa shape index (κ3) is 6.48. The highest BCUT2D eigenvalue weighted by Crippen LogP contribution is 2.10. The largest absolute Gasteiger partial charge is 0.357 e. The summed E-state index contributed by atoms with van der Waals surface area (Å²) in [6.45, 7) is 5.97. The van der Waals surface area contributed by atoms with E-state index in [0.717, 1.165) is 35.9 Å². The molecule has 2 N–H and O–H groups in total. The quantitative estimate of drug-likeness (QED) is 0.573. The first-order valence-electron chi connectivity index (χ1n) is 8.62. The zero-order valence-corrected chi connectivity index (χ0v) is 16.3. The molecule has 2 aromatic rings. The zero-order chi connectivity index (χ0) is 19.0. The Morgan fingerprint density at radius 2 is 1.85 bits per heavy atom. The van der Waals surface area contributed by atoms with Crippen molar-refractivity contribution in [3.63, 3.8) is 0 Å². The summed E-state index contributed by atoms with van der Waals surface area (Å²) in [7, 11) is -3.15. The van der Waals surface area contributed by atoms with E-state index in [1.54, 1.807) is 12.1 Å². The van der Waals surface area contributed by atoms with Crippen LogP contribution in [0.25, 0.3) is 0 Å². The summed E-state index contributed by atoms with van der Waals surface area (Å²) in [5, 5.41) is 6.51. The van der Waals surface area contributed by atoms with Crippen molar-refractivity contribution in [1.29, 1.82) is 0 Å². The average Bonchev–Trinajstić information content (AvgIpc) is 2.59. The fraction of sp³-hybridized carbons (Fsp3) is 0.368. The molecule has 0 saturated carbocycles. The number of rotatable bonds is 7. The highest BCUT2D eigenvalue weighted by molar-refractivity contribution is 7.90. The van der Waals surface area contributed by atoms with Crippen LogP contribution in [0.15, 0.2) is 52.4 Å². The summed E-state index contributed by atoms with van der Waals surface area (Å²) < 4.78 is 23.0. The second kappa shape index (κ2) is 9.33. The Morgan fingerprint density at radius 3 is 2.46 bits per heavy atom. The van der Waals surface area contributed by atoms with Gasteiger partial charge in [0, 0.05) is 25.0 Å². The Balaban J connectivity index is 1.90. The Hall–Kier alpha value is -2.41. The summed E-state index contributed by atoms with van der Waals surface area (Å²) in [4.78, 5) is 9.35. The van der Waals surface area contributed by atoms with Crippen molar-refractivity contribution >= 4 is 15.8 Å². The number of guanidine groups is 1. The summed E-state index contributed by atoms with van der Waals surface area (Å²) in [6, 6.07) is 12.9. The van der Waals surface area contributed by atoms with Gasteiger partial charge in [0.25, 0.3) is 0 Å². The zero-order valence-electron chi connectivity index (χ0n) is 15.5. The van der Waals surface area contributed by atoms with Crippen LogP contribution in [0, 0.1) is 6.92 Å². The lowest BCUT2D eigenvalue weighted by Crippen LogP contribution is -2.38. The van der Waals surface area contributed by atoms with Gasteiger partial charge in [0.15, 0.2) is 15.8 Å². The van der Waals surface area contributed by atoms with Crippen molar-refractivity contribution in [2.24, 2.45) is 4.99 Å². The van der Waals surface area contributed by atoms with Crippen molar-refractivity contribution in [1.82, 2.24) is 15.6 Å². The molecule has 2 rings (SSSR count). The minimum atomic E-state index is -3.15. The Bertz CT molecular complexity index is 846. The summed E-state index contributed by atoms with van der Waals surface area (Å²) in [5.41, 5.74) is 2.98. The first-order chi connectivity index (χ1) is 12.4. The summed E-state index contributed by atoms with van der Waals surface area (Å²) in [6.07, 6.45) is 1.99. The molecule has 26 heavy (non-hydrogen) atoms. The number of nitrogens with zero attached hydrogens (tertiary/aromatic N) is 2. The molecule has 0 aliphatic carbocycles. The van der Waals surface area contributed by atoms with E-state index in [0.29, 0.717) is 18.0 Å². The van der Waals surface area contributed by atoms with Gasteiger partial charge in [0.05, 0.1) is 17.1 Å². The normalized spacial score (nSPS) is 12.0. The van der Waals surface area contributed by atoms with Gasteiger partial charge < -0.3 is 10.6 Å². The van der Waals surface area contributed by atoms with Crippen LogP contribution in [0.2, 0.25) is 0 Å².